The molecule has 0 unspecified atom stereocenters. The molecule has 25 heavy (non-hydrogen) atoms. The number of carbonyl (C=O) groups is 1. The fourth-order valence-electron chi connectivity index (χ4n) is 2.27. The van der Waals surface area contributed by atoms with Gasteiger partial charge >= 0.3 is 0 Å². The van der Waals surface area contributed by atoms with Crippen molar-refractivity contribution < 1.29 is 9.53 Å². The average Bonchev–Trinajstić information content (AvgIpc) is 2.65. The third kappa shape index (κ3) is 4.42. The molecule has 5 nitrogen and oxygen atoms in total. The first-order chi connectivity index (χ1) is 12.1. The van der Waals surface area contributed by atoms with Crippen LogP contribution in [-0.4, -0.2) is 23.2 Å². The molecule has 1 amide bonds. The largest absolute Gasteiger partial charge is 0.481 e. The maximum absolute atomic E-state index is 12.0. The molecule has 0 aliphatic heterocycles. The lowest BCUT2D eigenvalue weighted by Crippen LogP contribution is -2.25. The highest BCUT2D eigenvalue weighted by molar-refractivity contribution is 9.10. The maximum Gasteiger partial charge on any atom is 0.277 e. The van der Waals surface area contributed by atoms with Gasteiger partial charge in [-0.25, -0.2) is 5.43 Å². The summed E-state index contributed by atoms with van der Waals surface area (Å²) in [6.45, 7) is 1.70. The van der Waals surface area contributed by atoms with Gasteiger partial charge < -0.3 is 4.74 Å². The van der Waals surface area contributed by atoms with Gasteiger partial charge in [0.15, 0.2) is 6.61 Å². The fraction of sp³-hybridized carbons (Fsp3) is 0.105. The summed E-state index contributed by atoms with van der Waals surface area (Å²) in [4.78, 5) is 16.3. The summed E-state index contributed by atoms with van der Waals surface area (Å²) < 4.78 is 6.58. The smallest absolute Gasteiger partial charge is 0.277 e. The van der Waals surface area contributed by atoms with Crippen LogP contribution in [0.5, 0.6) is 5.75 Å². The van der Waals surface area contributed by atoms with Crippen LogP contribution in [0.1, 0.15) is 12.5 Å². The first-order valence-corrected chi connectivity index (χ1v) is 8.48. The van der Waals surface area contributed by atoms with Crippen molar-refractivity contribution in [1.82, 2.24) is 10.4 Å². The quantitative estimate of drug-likeness (QED) is 0.524. The minimum absolute atomic E-state index is 0.132. The minimum Gasteiger partial charge on any atom is -0.481 e. The zero-order chi connectivity index (χ0) is 17.6. The second-order valence-corrected chi connectivity index (χ2v) is 6.27. The van der Waals surface area contributed by atoms with E-state index in [9.17, 15) is 4.79 Å². The van der Waals surface area contributed by atoms with Crippen molar-refractivity contribution in [3.8, 4) is 5.75 Å². The van der Waals surface area contributed by atoms with E-state index in [4.69, 9.17) is 4.74 Å². The van der Waals surface area contributed by atoms with Gasteiger partial charge in [-0.05, 0) is 36.8 Å². The Kier molecular flexibility index (Phi) is 5.40. The summed E-state index contributed by atoms with van der Waals surface area (Å²) >= 11 is 3.39. The summed E-state index contributed by atoms with van der Waals surface area (Å²) in [5.41, 5.74) is 4.88. The Balaban J connectivity index is 1.61. The van der Waals surface area contributed by atoms with Gasteiger partial charge in [0.2, 0.25) is 0 Å². The van der Waals surface area contributed by atoms with Gasteiger partial charge in [0, 0.05) is 16.1 Å². The van der Waals surface area contributed by atoms with Crippen LogP contribution in [0.2, 0.25) is 0 Å². The minimum atomic E-state index is -0.329. The van der Waals surface area contributed by atoms with Gasteiger partial charge in [0.25, 0.3) is 5.91 Å². The van der Waals surface area contributed by atoms with Gasteiger partial charge in [0.1, 0.15) is 11.3 Å². The van der Waals surface area contributed by atoms with E-state index < -0.39 is 0 Å². The number of aromatic nitrogens is 1. The number of halogens is 1. The van der Waals surface area contributed by atoms with E-state index in [0.717, 1.165) is 20.9 Å². The highest BCUT2D eigenvalue weighted by Crippen LogP contribution is 2.22. The van der Waals surface area contributed by atoms with Crippen molar-refractivity contribution in [3.63, 3.8) is 0 Å². The molecule has 0 bridgehead atoms. The summed E-state index contributed by atoms with van der Waals surface area (Å²) in [7, 11) is 0. The summed E-state index contributed by atoms with van der Waals surface area (Å²) in [6, 6.07) is 17.1. The normalized spacial score (nSPS) is 11.4. The molecular formula is C19H16BrN3O2. The van der Waals surface area contributed by atoms with Crippen molar-refractivity contribution in [2.24, 2.45) is 5.10 Å². The molecule has 0 aliphatic carbocycles. The molecule has 3 rings (SSSR count). The predicted octanol–water partition coefficient (Wildman–Crippen LogP) is 3.92. The molecule has 2 aromatic carbocycles. The van der Waals surface area contributed by atoms with Gasteiger partial charge in [-0.15, -0.1) is 0 Å². The van der Waals surface area contributed by atoms with Crippen LogP contribution >= 0.6 is 15.9 Å². The molecule has 0 radical (unpaired) electrons. The molecule has 0 atom stereocenters. The zero-order valence-corrected chi connectivity index (χ0v) is 15.2. The van der Waals surface area contributed by atoms with Crippen molar-refractivity contribution in [3.05, 3.63) is 70.8 Å². The highest BCUT2D eigenvalue weighted by atomic mass is 79.9. The number of nitrogens with zero attached hydrogens (tertiary/aromatic N) is 2. The first-order valence-electron chi connectivity index (χ1n) is 7.69. The molecule has 126 valence electrons. The van der Waals surface area contributed by atoms with Crippen LogP contribution in [0.15, 0.2) is 70.4 Å². The average molecular weight is 398 g/mol. The van der Waals surface area contributed by atoms with Crippen molar-refractivity contribution in [2.75, 3.05) is 6.61 Å². The van der Waals surface area contributed by atoms with Crippen LogP contribution in [-0.2, 0) is 4.79 Å². The van der Waals surface area contributed by atoms with Gasteiger partial charge in [-0.2, -0.15) is 5.10 Å². The number of nitrogens with one attached hydrogen (secondary N) is 1. The van der Waals surface area contributed by atoms with E-state index >= 15 is 0 Å². The molecule has 0 spiro atoms. The number of hydrogen-bond donors (Lipinski definition) is 1. The number of para-hydroxylation sites is 1. The Morgan fingerprint density at radius 3 is 2.72 bits per heavy atom. The number of pyridine rings is 1. The van der Waals surface area contributed by atoms with E-state index in [0.29, 0.717) is 11.5 Å². The van der Waals surface area contributed by atoms with E-state index in [1.165, 1.54) is 0 Å². The molecule has 0 fully saturated rings. The molecule has 0 saturated heterocycles. The van der Waals surface area contributed by atoms with Gasteiger partial charge in [-0.3, -0.25) is 9.78 Å². The summed E-state index contributed by atoms with van der Waals surface area (Å²) in [5.74, 6) is 0.242. The zero-order valence-electron chi connectivity index (χ0n) is 13.6. The number of hydrazone groups is 1. The SMILES string of the molecule is C/C(=N\NC(=O)COc1cccc2cccnc12)c1ccc(Br)cc1. The highest BCUT2D eigenvalue weighted by Gasteiger charge is 2.06. The second-order valence-electron chi connectivity index (χ2n) is 5.36. The molecule has 1 aromatic heterocycles. The molecule has 1 heterocycles. The molecule has 1 N–H and O–H groups in total. The Bertz CT molecular complexity index is 918. The topological polar surface area (TPSA) is 63.6 Å². The molecule has 6 heteroatoms. The second kappa shape index (κ2) is 7.90. The van der Waals surface area contributed by atoms with Crippen LogP contribution < -0.4 is 10.2 Å². The number of rotatable bonds is 5. The lowest BCUT2D eigenvalue weighted by atomic mass is 10.1. The van der Waals surface area contributed by atoms with E-state index in [1.54, 1.807) is 12.3 Å². The molecule has 0 saturated carbocycles. The Morgan fingerprint density at radius 2 is 1.92 bits per heavy atom. The van der Waals surface area contributed by atoms with Crippen LogP contribution in [0.25, 0.3) is 10.9 Å². The Labute approximate surface area is 153 Å². The predicted molar refractivity (Wildman–Crippen MR) is 102 cm³/mol. The number of hydrogen-bond acceptors (Lipinski definition) is 4. The van der Waals surface area contributed by atoms with Crippen LogP contribution in [0, 0.1) is 0 Å². The van der Waals surface area contributed by atoms with Crippen LogP contribution in [0.3, 0.4) is 0 Å². The third-order valence-electron chi connectivity index (χ3n) is 3.56. The first kappa shape index (κ1) is 17.1. The third-order valence-corrected chi connectivity index (χ3v) is 4.09. The number of benzene rings is 2. The van der Waals surface area contributed by atoms with Crippen molar-refractivity contribution in [1.29, 1.82) is 0 Å². The summed E-state index contributed by atoms with van der Waals surface area (Å²) in [6.07, 6.45) is 1.70. The monoisotopic (exact) mass is 397 g/mol. The van der Waals surface area contributed by atoms with Gasteiger partial charge in [0.05, 0.1) is 5.71 Å². The molecule has 3 aromatic rings. The Hall–Kier alpha value is -2.73. The van der Waals surface area contributed by atoms with E-state index in [1.807, 2.05) is 55.5 Å². The summed E-state index contributed by atoms with van der Waals surface area (Å²) in [5, 5.41) is 5.07. The number of carbonyl (C=O) groups excluding carboxylic acids is 1. The number of fused-ring (bicyclic) bond motifs is 1. The Morgan fingerprint density at radius 1 is 1.16 bits per heavy atom. The maximum atomic E-state index is 12.0. The van der Waals surface area contributed by atoms with E-state index in [2.05, 4.69) is 31.4 Å². The fourth-order valence-corrected chi connectivity index (χ4v) is 2.53. The molecular weight excluding hydrogens is 382 g/mol. The molecule has 0 aliphatic rings. The van der Waals surface area contributed by atoms with Crippen LogP contribution in [0.4, 0.5) is 0 Å². The number of ether oxygens (including phenoxy) is 1. The van der Waals surface area contributed by atoms with Gasteiger partial charge in [-0.1, -0.05) is 46.3 Å². The van der Waals surface area contributed by atoms with E-state index in [-0.39, 0.29) is 12.5 Å². The standard InChI is InChI=1S/C19H16BrN3O2/c1-13(14-7-9-16(20)10-8-14)22-23-18(24)12-25-17-6-2-4-15-5-3-11-21-19(15)17/h2-11H,12H2,1H3,(H,23,24)/b22-13+. The lowest BCUT2D eigenvalue weighted by Gasteiger charge is -2.08. The van der Waals surface area contributed by atoms with Crippen molar-refractivity contribution in [2.45, 2.75) is 6.92 Å². The van der Waals surface area contributed by atoms with Crippen molar-refractivity contribution >= 4 is 38.5 Å². The number of amides is 1. The lowest BCUT2D eigenvalue weighted by molar-refractivity contribution is -0.123.